The summed E-state index contributed by atoms with van der Waals surface area (Å²) in [6, 6.07) is 0. The normalized spacial score (nSPS) is 10.6. The van der Waals surface area contributed by atoms with Crippen LogP contribution >= 0.6 is 0 Å². The lowest BCUT2D eigenvalue weighted by molar-refractivity contribution is -0.137. The van der Waals surface area contributed by atoms with Crippen molar-refractivity contribution in [2.24, 2.45) is 0 Å². The van der Waals surface area contributed by atoms with E-state index >= 15 is 0 Å². The first-order valence-electron chi connectivity index (χ1n) is 6.03. The third-order valence-electron chi connectivity index (χ3n) is 2.56. The van der Waals surface area contributed by atoms with Gasteiger partial charge in [-0.2, -0.15) is 0 Å². The molecule has 1 heterocycles. The first kappa shape index (κ1) is 13.6. The van der Waals surface area contributed by atoms with Crippen molar-refractivity contribution in [1.82, 2.24) is 20.1 Å². The Morgan fingerprint density at radius 1 is 1.47 bits per heavy atom. The number of unbranched alkanes of at least 4 members (excludes halogenated alkanes) is 2. The van der Waals surface area contributed by atoms with Gasteiger partial charge in [0.2, 0.25) is 0 Å². The molecule has 0 aliphatic rings. The quantitative estimate of drug-likeness (QED) is 0.630. The summed E-state index contributed by atoms with van der Waals surface area (Å²) >= 11 is 0. The number of nitrogens with zero attached hydrogens (tertiary/aromatic N) is 3. The highest BCUT2D eigenvalue weighted by atomic mass is 16.4. The molecular formula is C11H20N4O2. The zero-order valence-electron chi connectivity index (χ0n) is 10.2. The monoisotopic (exact) mass is 240 g/mol. The van der Waals surface area contributed by atoms with Crippen LogP contribution in [0, 0.1) is 0 Å². The maximum Gasteiger partial charge on any atom is 0.303 e. The number of carbonyl (C=O) groups is 1. The molecule has 0 unspecified atom stereocenters. The highest BCUT2D eigenvalue weighted by Crippen LogP contribution is 1.99. The van der Waals surface area contributed by atoms with Crippen LogP contribution in [0.15, 0.2) is 6.33 Å². The summed E-state index contributed by atoms with van der Waals surface area (Å²) in [5.74, 6) is 0.229. The van der Waals surface area contributed by atoms with E-state index in [0.717, 1.165) is 38.2 Å². The molecular weight excluding hydrogens is 220 g/mol. The summed E-state index contributed by atoms with van der Waals surface area (Å²) in [6.07, 6.45) is 4.68. The minimum absolute atomic E-state index is 0.268. The van der Waals surface area contributed by atoms with E-state index in [9.17, 15) is 4.79 Å². The summed E-state index contributed by atoms with van der Waals surface area (Å²) in [6.45, 7) is 4.53. The summed E-state index contributed by atoms with van der Waals surface area (Å²) in [5.41, 5.74) is 0. The third kappa shape index (κ3) is 5.44. The van der Waals surface area contributed by atoms with Crippen molar-refractivity contribution >= 4 is 5.97 Å². The fourth-order valence-corrected chi connectivity index (χ4v) is 1.58. The van der Waals surface area contributed by atoms with E-state index in [4.69, 9.17) is 5.11 Å². The molecule has 0 atom stereocenters. The van der Waals surface area contributed by atoms with Gasteiger partial charge in [0.15, 0.2) is 0 Å². The van der Waals surface area contributed by atoms with Gasteiger partial charge in [0.05, 0.1) is 6.54 Å². The molecule has 0 amide bonds. The van der Waals surface area contributed by atoms with Gasteiger partial charge in [-0.15, -0.1) is 10.2 Å². The number of hydrogen-bond acceptors (Lipinski definition) is 4. The van der Waals surface area contributed by atoms with Gasteiger partial charge in [-0.05, 0) is 26.3 Å². The molecule has 0 radical (unpaired) electrons. The van der Waals surface area contributed by atoms with Crippen LogP contribution in [0.1, 0.15) is 38.4 Å². The van der Waals surface area contributed by atoms with Gasteiger partial charge >= 0.3 is 5.97 Å². The van der Waals surface area contributed by atoms with E-state index in [2.05, 4.69) is 22.4 Å². The van der Waals surface area contributed by atoms with Crippen molar-refractivity contribution in [3.05, 3.63) is 12.2 Å². The van der Waals surface area contributed by atoms with E-state index < -0.39 is 5.97 Å². The molecule has 6 heteroatoms. The fraction of sp³-hybridized carbons (Fsp3) is 0.727. The molecule has 0 aromatic carbocycles. The average molecular weight is 240 g/mol. The Balaban J connectivity index is 2.03. The smallest absolute Gasteiger partial charge is 0.303 e. The van der Waals surface area contributed by atoms with Crippen molar-refractivity contribution in [3.63, 3.8) is 0 Å². The standard InChI is InChI=1S/C11H20N4O2/c1-2-15-9-13-14-10(15)8-12-7-5-3-4-6-11(16)17/h9,12H,2-8H2,1H3,(H,16,17). The van der Waals surface area contributed by atoms with Crippen molar-refractivity contribution in [2.45, 2.75) is 45.7 Å². The number of carboxylic acid groups (broad SMARTS) is 1. The largest absolute Gasteiger partial charge is 0.481 e. The topological polar surface area (TPSA) is 80.0 Å². The lowest BCUT2D eigenvalue weighted by Crippen LogP contribution is -2.18. The maximum absolute atomic E-state index is 10.3. The predicted molar refractivity (Wildman–Crippen MR) is 63.5 cm³/mol. The molecule has 0 fully saturated rings. The SMILES string of the molecule is CCn1cnnc1CNCCCCCC(=O)O. The number of rotatable bonds is 9. The zero-order chi connectivity index (χ0) is 12.5. The van der Waals surface area contributed by atoms with E-state index in [1.807, 2.05) is 4.57 Å². The minimum Gasteiger partial charge on any atom is -0.481 e. The lowest BCUT2D eigenvalue weighted by Gasteiger charge is -2.05. The van der Waals surface area contributed by atoms with E-state index in [0.29, 0.717) is 6.54 Å². The summed E-state index contributed by atoms with van der Waals surface area (Å²) in [5, 5.41) is 19.6. The van der Waals surface area contributed by atoms with Gasteiger partial charge < -0.3 is 15.0 Å². The zero-order valence-corrected chi connectivity index (χ0v) is 10.2. The number of carboxylic acids is 1. The second-order valence-corrected chi connectivity index (χ2v) is 3.91. The number of aromatic nitrogens is 3. The molecule has 0 bridgehead atoms. The number of hydrogen-bond donors (Lipinski definition) is 2. The van der Waals surface area contributed by atoms with Gasteiger partial charge in [-0.3, -0.25) is 4.79 Å². The molecule has 0 saturated heterocycles. The van der Waals surface area contributed by atoms with Crippen molar-refractivity contribution in [3.8, 4) is 0 Å². The van der Waals surface area contributed by atoms with Crippen LogP contribution in [0.25, 0.3) is 0 Å². The highest BCUT2D eigenvalue weighted by Gasteiger charge is 2.01. The van der Waals surface area contributed by atoms with Gasteiger partial charge in [-0.1, -0.05) is 6.42 Å². The van der Waals surface area contributed by atoms with Crippen molar-refractivity contribution in [2.75, 3.05) is 6.54 Å². The Labute approximate surface area is 101 Å². The lowest BCUT2D eigenvalue weighted by atomic mass is 10.2. The number of aliphatic carboxylic acids is 1. The molecule has 17 heavy (non-hydrogen) atoms. The fourth-order valence-electron chi connectivity index (χ4n) is 1.58. The molecule has 1 aromatic rings. The summed E-state index contributed by atoms with van der Waals surface area (Å²) in [7, 11) is 0. The van der Waals surface area contributed by atoms with Crippen LogP contribution in [-0.2, 0) is 17.9 Å². The Morgan fingerprint density at radius 2 is 2.29 bits per heavy atom. The molecule has 1 rings (SSSR count). The Bertz CT molecular complexity index is 338. The van der Waals surface area contributed by atoms with Gasteiger partial charge in [0, 0.05) is 13.0 Å². The second kappa shape index (κ2) is 7.78. The van der Waals surface area contributed by atoms with Crippen LogP contribution in [0.3, 0.4) is 0 Å². The van der Waals surface area contributed by atoms with Gasteiger partial charge in [0.1, 0.15) is 12.2 Å². The molecule has 96 valence electrons. The van der Waals surface area contributed by atoms with Crippen LogP contribution in [0.4, 0.5) is 0 Å². The Hall–Kier alpha value is -1.43. The van der Waals surface area contributed by atoms with Gasteiger partial charge in [0.25, 0.3) is 0 Å². The minimum atomic E-state index is -0.714. The summed E-state index contributed by atoms with van der Waals surface area (Å²) in [4.78, 5) is 10.3. The number of aryl methyl sites for hydroxylation is 1. The van der Waals surface area contributed by atoms with Crippen molar-refractivity contribution < 1.29 is 9.90 Å². The first-order valence-corrected chi connectivity index (χ1v) is 6.03. The summed E-state index contributed by atoms with van der Waals surface area (Å²) < 4.78 is 2.00. The molecule has 1 aromatic heterocycles. The molecule has 0 saturated carbocycles. The predicted octanol–water partition coefficient (Wildman–Crippen LogP) is 1.03. The van der Waals surface area contributed by atoms with Crippen LogP contribution in [0.2, 0.25) is 0 Å². The van der Waals surface area contributed by atoms with Crippen molar-refractivity contribution in [1.29, 1.82) is 0 Å². The highest BCUT2D eigenvalue weighted by molar-refractivity contribution is 5.66. The maximum atomic E-state index is 10.3. The van der Waals surface area contributed by atoms with Gasteiger partial charge in [-0.25, -0.2) is 0 Å². The Kier molecular flexibility index (Phi) is 6.24. The number of nitrogens with one attached hydrogen (secondary N) is 1. The molecule has 6 nitrogen and oxygen atoms in total. The van der Waals surface area contributed by atoms with E-state index in [-0.39, 0.29) is 6.42 Å². The molecule has 0 aliphatic carbocycles. The molecule has 0 aliphatic heterocycles. The Morgan fingerprint density at radius 3 is 3.00 bits per heavy atom. The van der Waals surface area contributed by atoms with Crippen LogP contribution < -0.4 is 5.32 Å². The first-order chi connectivity index (χ1) is 8.24. The third-order valence-corrected chi connectivity index (χ3v) is 2.56. The molecule has 2 N–H and O–H groups in total. The molecule has 0 spiro atoms. The van der Waals surface area contributed by atoms with E-state index in [1.54, 1.807) is 6.33 Å². The average Bonchev–Trinajstić information content (AvgIpc) is 2.74. The van der Waals surface area contributed by atoms with Crippen LogP contribution in [0.5, 0.6) is 0 Å². The van der Waals surface area contributed by atoms with E-state index in [1.165, 1.54) is 0 Å². The second-order valence-electron chi connectivity index (χ2n) is 3.91. The van der Waals surface area contributed by atoms with Crippen LogP contribution in [-0.4, -0.2) is 32.4 Å².